The van der Waals surface area contributed by atoms with E-state index in [0.29, 0.717) is 25.8 Å². The third-order valence-corrected chi connectivity index (χ3v) is 8.50. The number of amides is 5. The summed E-state index contributed by atoms with van der Waals surface area (Å²) in [5, 5.41) is 41.3. The molecular weight excluding hydrogens is 700 g/mol. The Bertz CT molecular complexity index is 1210. The molecule has 7 atom stereocenters. The van der Waals surface area contributed by atoms with Gasteiger partial charge < -0.3 is 59.3 Å². The fourth-order valence-electron chi connectivity index (χ4n) is 4.90. The zero-order valence-corrected chi connectivity index (χ0v) is 31.4. The Balaban J connectivity index is 6.19. The first kappa shape index (κ1) is 47.8. The molecule has 0 aromatic heterocycles. The van der Waals surface area contributed by atoms with Crippen LogP contribution in [0.5, 0.6) is 0 Å². The van der Waals surface area contributed by atoms with Crippen molar-refractivity contribution < 1.29 is 43.8 Å². The second-order valence-corrected chi connectivity index (χ2v) is 13.4. The average Bonchev–Trinajstić information content (AvgIpc) is 3.07. The van der Waals surface area contributed by atoms with Crippen LogP contribution < -0.4 is 49.1 Å². The molecule has 0 saturated heterocycles. The highest BCUT2D eigenvalue weighted by Gasteiger charge is 2.34. The van der Waals surface area contributed by atoms with Crippen LogP contribution in [0.25, 0.3) is 0 Å². The summed E-state index contributed by atoms with van der Waals surface area (Å²) in [6.07, 6.45) is 1.38. The van der Waals surface area contributed by atoms with Gasteiger partial charge in [-0.05, 0) is 63.3 Å². The van der Waals surface area contributed by atoms with E-state index in [1.165, 1.54) is 0 Å². The van der Waals surface area contributed by atoms with Crippen LogP contribution in [0.3, 0.4) is 0 Å². The molecule has 0 fully saturated rings. The summed E-state index contributed by atoms with van der Waals surface area (Å²) in [6.45, 7) is 7.57. The van der Waals surface area contributed by atoms with E-state index in [2.05, 4.69) is 44.5 Å². The molecule has 52 heavy (non-hydrogen) atoms. The van der Waals surface area contributed by atoms with Crippen LogP contribution in [0.15, 0.2) is 0 Å². The molecule has 0 aliphatic heterocycles. The Morgan fingerprint density at radius 2 is 1.25 bits per heavy atom. The van der Waals surface area contributed by atoms with Crippen molar-refractivity contribution in [2.75, 3.05) is 18.8 Å². The quantitative estimate of drug-likeness (QED) is 0.0189. The summed E-state index contributed by atoms with van der Waals surface area (Å²) in [5.41, 5.74) is 16.9. The maximum absolute atomic E-state index is 13.8. The van der Waals surface area contributed by atoms with Crippen LogP contribution in [0, 0.1) is 17.2 Å². The number of hydrogen-bond donors (Lipinski definition) is 13. The van der Waals surface area contributed by atoms with E-state index in [4.69, 9.17) is 27.7 Å². The third-order valence-electron chi connectivity index (χ3n) is 8.13. The van der Waals surface area contributed by atoms with Gasteiger partial charge in [0.05, 0.1) is 6.04 Å². The van der Waals surface area contributed by atoms with Gasteiger partial charge in [-0.1, -0.05) is 34.1 Å². The number of carbonyl (C=O) groups is 7. The molecule has 20 heteroatoms. The summed E-state index contributed by atoms with van der Waals surface area (Å²) >= 11 is 4.16. The lowest BCUT2D eigenvalue weighted by Crippen LogP contribution is -2.60. The van der Waals surface area contributed by atoms with E-state index in [0.717, 1.165) is 0 Å². The van der Waals surface area contributed by atoms with Crippen molar-refractivity contribution in [3.63, 3.8) is 0 Å². The SMILES string of the molecule is CC[C@H](C)[C@H](NC(=O)[C@@H](N)CCC(=O)O)C(=O)N[C@@H](CCCCN)C(=O)N[C@@H](CCCNC(=N)N)C(=O)N[C@@H](CS)C(=O)N[C@@H](CC(C)C)C(=O)O. The molecule has 0 unspecified atom stereocenters. The molecule has 5 amide bonds. The first-order chi connectivity index (χ1) is 24.4. The van der Waals surface area contributed by atoms with E-state index < -0.39 is 83.6 Å². The second kappa shape index (κ2) is 25.7. The number of nitrogens with one attached hydrogen (secondary N) is 7. The largest absolute Gasteiger partial charge is 0.481 e. The van der Waals surface area contributed by atoms with Crippen LogP contribution in [0.2, 0.25) is 0 Å². The molecule has 0 saturated carbocycles. The second-order valence-electron chi connectivity index (χ2n) is 13.1. The molecule has 0 bridgehead atoms. The summed E-state index contributed by atoms with van der Waals surface area (Å²) in [6, 6.07) is -7.23. The van der Waals surface area contributed by atoms with E-state index in [1.54, 1.807) is 27.7 Å². The van der Waals surface area contributed by atoms with Gasteiger partial charge in [-0.3, -0.25) is 34.2 Å². The predicted molar refractivity (Wildman–Crippen MR) is 197 cm³/mol. The van der Waals surface area contributed by atoms with Crippen molar-refractivity contribution in [1.82, 2.24) is 31.9 Å². The Kier molecular flexibility index (Phi) is 23.7. The van der Waals surface area contributed by atoms with Crippen LogP contribution >= 0.6 is 12.6 Å². The molecule has 0 radical (unpaired) electrons. The number of carboxylic acids is 2. The minimum Gasteiger partial charge on any atom is -0.481 e. The van der Waals surface area contributed by atoms with E-state index in [9.17, 15) is 38.7 Å². The molecule has 0 aliphatic carbocycles. The highest BCUT2D eigenvalue weighted by Crippen LogP contribution is 2.12. The highest BCUT2D eigenvalue weighted by molar-refractivity contribution is 7.80. The Hall–Kier alpha value is -4.17. The summed E-state index contributed by atoms with van der Waals surface area (Å²) in [7, 11) is 0. The van der Waals surface area contributed by atoms with Crippen molar-refractivity contribution in [1.29, 1.82) is 5.41 Å². The van der Waals surface area contributed by atoms with Crippen molar-refractivity contribution in [3.05, 3.63) is 0 Å². The Morgan fingerprint density at radius 1 is 0.731 bits per heavy atom. The summed E-state index contributed by atoms with van der Waals surface area (Å²) in [4.78, 5) is 89.3. The number of thiol groups is 1. The van der Waals surface area contributed by atoms with Crippen LogP contribution in [-0.4, -0.2) is 113 Å². The lowest BCUT2D eigenvalue weighted by atomic mass is 9.96. The number of nitrogens with two attached hydrogens (primary N) is 3. The number of guanidine groups is 1. The minimum absolute atomic E-state index is 0.00706. The maximum Gasteiger partial charge on any atom is 0.326 e. The molecule has 0 rings (SSSR count). The molecule has 0 heterocycles. The number of carboxylic acid groups (broad SMARTS) is 2. The number of hydrogen-bond acceptors (Lipinski definition) is 11. The highest BCUT2D eigenvalue weighted by atomic mass is 32.1. The van der Waals surface area contributed by atoms with Crippen LogP contribution in [0.4, 0.5) is 0 Å². The number of aliphatic carboxylic acids is 2. The van der Waals surface area contributed by atoms with Gasteiger partial charge in [0.2, 0.25) is 29.5 Å². The fraction of sp³-hybridized carbons (Fsp3) is 0.750. The first-order valence-corrected chi connectivity index (χ1v) is 18.1. The lowest BCUT2D eigenvalue weighted by Gasteiger charge is -2.29. The van der Waals surface area contributed by atoms with Gasteiger partial charge in [0, 0.05) is 18.7 Å². The molecule has 19 nitrogen and oxygen atoms in total. The molecular formula is C32H60N10O9S. The van der Waals surface area contributed by atoms with E-state index in [1.807, 2.05) is 0 Å². The van der Waals surface area contributed by atoms with Crippen LogP contribution in [0.1, 0.15) is 85.5 Å². The Morgan fingerprint density at radius 3 is 1.73 bits per heavy atom. The fourth-order valence-corrected chi connectivity index (χ4v) is 5.15. The summed E-state index contributed by atoms with van der Waals surface area (Å²) < 4.78 is 0. The zero-order chi connectivity index (χ0) is 40.0. The number of unbranched alkanes of at least 4 members (excludes halogenated alkanes) is 1. The van der Waals surface area contributed by atoms with Gasteiger partial charge in [0.15, 0.2) is 5.96 Å². The van der Waals surface area contributed by atoms with E-state index >= 15 is 0 Å². The molecule has 0 spiro atoms. The van der Waals surface area contributed by atoms with Gasteiger partial charge in [0.25, 0.3) is 0 Å². The smallest absolute Gasteiger partial charge is 0.326 e. The normalized spacial score (nSPS) is 15.1. The van der Waals surface area contributed by atoms with Gasteiger partial charge >= 0.3 is 11.9 Å². The number of rotatable bonds is 27. The zero-order valence-electron chi connectivity index (χ0n) is 30.5. The minimum atomic E-state index is -1.26. The van der Waals surface area contributed by atoms with Crippen molar-refractivity contribution >= 4 is 60.1 Å². The lowest BCUT2D eigenvalue weighted by molar-refractivity contribution is -0.142. The maximum atomic E-state index is 13.8. The molecule has 0 aliphatic rings. The standard InChI is InChI=1S/C32H60N10O9S/c1-5-18(4)25(42-26(45)19(34)11-12-24(43)44)30(49)39-20(9-6-7-13-33)27(46)38-21(10-8-14-37-32(35)36)28(47)41-23(16-52)29(48)40-22(31(50)51)15-17(2)3/h17-23,25,52H,5-16,33-34H2,1-4H3,(H,38,46)(H,39,49)(H,40,48)(H,41,47)(H,42,45)(H,43,44)(H,50,51)(H4,35,36,37)/t18-,19-,20-,21-,22-,23-,25-/m0/s1. The number of carbonyl (C=O) groups excluding carboxylic acids is 5. The van der Waals surface area contributed by atoms with Crippen molar-refractivity contribution in [3.8, 4) is 0 Å². The topological polar surface area (TPSA) is 334 Å². The predicted octanol–water partition coefficient (Wildman–Crippen LogP) is -1.90. The average molecular weight is 761 g/mol. The molecule has 15 N–H and O–H groups in total. The molecule has 0 aromatic carbocycles. The monoisotopic (exact) mass is 760 g/mol. The Labute approximate surface area is 310 Å². The van der Waals surface area contributed by atoms with Gasteiger partial charge in [-0.15, -0.1) is 0 Å². The van der Waals surface area contributed by atoms with Gasteiger partial charge in [-0.2, -0.15) is 12.6 Å². The van der Waals surface area contributed by atoms with Gasteiger partial charge in [-0.25, -0.2) is 4.79 Å². The van der Waals surface area contributed by atoms with Gasteiger partial charge in [0.1, 0.15) is 30.2 Å². The van der Waals surface area contributed by atoms with E-state index in [-0.39, 0.29) is 62.7 Å². The third kappa shape index (κ3) is 19.4. The molecule has 0 aromatic rings. The molecule has 298 valence electrons. The summed E-state index contributed by atoms with van der Waals surface area (Å²) in [5.74, 6) is -7.09. The van der Waals surface area contributed by atoms with Crippen LogP contribution in [-0.2, 0) is 33.6 Å². The van der Waals surface area contributed by atoms with Crippen molar-refractivity contribution in [2.24, 2.45) is 29.0 Å². The first-order valence-electron chi connectivity index (χ1n) is 17.5. The van der Waals surface area contributed by atoms with Crippen molar-refractivity contribution in [2.45, 2.75) is 122 Å².